The van der Waals surface area contributed by atoms with Crippen LogP contribution in [0.15, 0.2) is 183 Å². The van der Waals surface area contributed by atoms with Crippen LogP contribution >= 0.6 is 0 Å². The van der Waals surface area contributed by atoms with Gasteiger partial charge in [0.2, 0.25) is 0 Å². The highest BCUT2D eigenvalue weighted by molar-refractivity contribution is 5.38. The number of hydrogen-bond acceptors (Lipinski definition) is 21. The van der Waals surface area contributed by atoms with E-state index in [2.05, 4.69) is 142 Å². The summed E-state index contributed by atoms with van der Waals surface area (Å²) in [6.45, 7) is 28.8. The van der Waals surface area contributed by atoms with Crippen LogP contribution in [0.5, 0.6) is 0 Å². The molecule has 0 aromatic carbocycles. The summed E-state index contributed by atoms with van der Waals surface area (Å²) >= 11 is 0. The highest BCUT2D eigenvalue weighted by atomic mass is 16.5. The van der Waals surface area contributed by atoms with Crippen molar-refractivity contribution >= 4 is 0 Å². The van der Waals surface area contributed by atoms with Crippen molar-refractivity contribution in [2.75, 3.05) is 93.0 Å². The summed E-state index contributed by atoms with van der Waals surface area (Å²) in [5.74, 6) is 4.09. The first-order chi connectivity index (χ1) is 68.6. The number of nitrogens with zero attached hydrogens (tertiary/aromatic N) is 12. The number of pyridine rings is 8. The third-order valence-electron chi connectivity index (χ3n) is 33.0. The van der Waals surface area contributed by atoms with Gasteiger partial charge in [-0.1, -0.05) is 114 Å². The predicted octanol–water partition coefficient (Wildman–Crippen LogP) is 23.9. The van der Waals surface area contributed by atoms with E-state index in [-0.39, 0.29) is 67.2 Å². The zero-order valence-electron chi connectivity index (χ0n) is 84.7. The van der Waals surface area contributed by atoms with Crippen molar-refractivity contribution in [3.63, 3.8) is 0 Å². The van der Waals surface area contributed by atoms with Crippen LogP contribution in [0.3, 0.4) is 0 Å². The van der Waals surface area contributed by atoms with E-state index in [0.29, 0.717) is 42.0 Å². The zero-order chi connectivity index (χ0) is 96.5. The summed E-state index contributed by atoms with van der Waals surface area (Å²) < 4.78 is 36.2. The number of likely N-dealkylation sites (tertiary alicyclic amines) is 4. The van der Waals surface area contributed by atoms with Gasteiger partial charge in [0, 0.05) is 211 Å². The van der Waals surface area contributed by atoms with Crippen LogP contribution in [0.1, 0.15) is 356 Å². The number of rotatable bonds is 42. The molecule has 8 fully saturated rings. The van der Waals surface area contributed by atoms with Crippen molar-refractivity contribution in [2.24, 2.45) is 11.8 Å². The van der Waals surface area contributed by atoms with E-state index in [1.165, 1.54) is 202 Å². The minimum absolute atomic E-state index is 0. The standard InChI is InChI=1S/C31H43N3O2.C30H41N3O3.2C29H39N3O2.CH4/c1-22(2)31(28-11-8-16-32-30(28)24-19-27(20-24)35-3)34-17-15-26(21-34)36-18-7-6-10-25-14-13-23-9-4-5-12-29(23)33-25;1-21(34)30(27-10-7-15-31-29(27)23-18-26(19-23)35-2)33-16-14-25(20-33)36-17-6-5-9-24-13-12-22-8-3-4-11-28(22)32-24;2*1-21(33)29(26-11-6-16-31-28(26)24-8-4-9-24)32-17-14-25(20-32)34-18-3-2-7-22-12-13-23-10-5-15-30-27(23)19-22;/h8,11,13-14,16,24,26-27,31H,1,4-7,9-10,12,15,17-21H2,2-3H3;7,10,12-13,15,23,25-26,30,34H,1,3-6,8-9,11,14,16-20H2,2H3;2*5-6,10-11,15-16,22,24-25,29,33H,1-4,7-9,12-14,17-20H2;1H4/t24?,26-,27?,31?;23?,25-,26?,30?;22-,25-,29+;22-,25-,29-;/m1111./s1. The van der Waals surface area contributed by atoms with Crippen molar-refractivity contribution in [3.05, 3.63) is 285 Å². The molecular formula is C120H166N12O9. The second-order valence-corrected chi connectivity index (χ2v) is 42.8. The number of methoxy groups -OCH3 is 2. The van der Waals surface area contributed by atoms with Gasteiger partial charge in [0.15, 0.2) is 0 Å². The van der Waals surface area contributed by atoms with Crippen molar-refractivity contribution in [1.29, 1.82) is 0 Å². The first-order valence-electron chi connectivity index (χ1n) is 54.5. The number of ether oxygens (including phenoxy) is 6. The number of aryl methyl sites for hydroxylation is 8. The quantitative estimate of drug-likeness (QED) is 0.0183. The first-order valence-corrected chi connectivity index (χ1v) is 54.5. The molecule has 141 heavy (non-hydrogen) atoms. The maximum Gasteiger partial charge on any atom is 0.107 e. The topological polar surface area (TPSA) is 232 Å². The molecule has 8 aromatic rings. The number of fused-ring (bicyclic) bond motifs is 4. The molecule has 760 valence electrons. The molecule has 3 N–H and O–H groups in total. The number of hydrogen-bond donors (Lipinski definition) is 3. The Balaban J connectivity index is 0.000000135. The van der Waals surface area contributed by atoms with Crippen LogP contribution in [-0.2, 0) is 92.6 Å². The van der Waals surface area contributed by atoms with Crippen LogP contribution in [0.2, 0.25) is 0 Å². The van der Waals surface area contributed by atoms with Gasteiger partial charge in [-0.15, -0.1) is 0 Å². The van der Waals surface area contributed by atoms with Crippen molar-refractivity contribution in [3.8, 4) is 0 Å². The highest BCUT2D eigenvalue weighted by Crippen LogP contribution is 2.48. The molecule has 4 saturated carbocycles. The van der Waals surface area contributed by atoms with E-state index in [4.69, 9.17) is 58.3 Å². The molecular weight excluding hydrogens is 1750 g/mol. The molecule has 0 bridgehead atoms. The Bertz CT molecular complexity index is 4980. The Morgan fingerprint density at radius 1 is 0.340 bits per heavy atom. The third kappa shape index (κ3) is 28.1. The summed E-state index contributed by atoms with van der Waals surface area (Å²) in [4.78, 5) is 47.5. The number of aliphatic hydroxyl groups is 3. The lowest BCUT2D eigenvalue weighted by Gasteiger charge is -2.37. The first kappa shape index (κ1) is 105. The van der Waals surface area contributed by atoms with Gasteiger partial charge in [0.25, 0.3) is 0 Å². The maximum absolute atomic E-state index is 10.6. The van der Waals surface area contributed by atoms with Gasteiger partial charge < -0.3 is 43.7 Å². The smallest absolute Gasteiger partial charge is 0.107 e. The Hall–Kier alpha value is -8.84. The van der Waals surface area contributed by atoms with Crippen LogP contribution in [0.4, 0.5) is 0 Å². The molecule has 2 unspecified atom stereocenters. The van der Waals surface area contributed by atoms with Crippen LogP contribution in [0, 0.1) is 11.8 Å². The second-order valence-electron chi connectivity index (χ2n) is 42.8. The Morgan fingerprint density at radius 3 is 1.00 bits per heavy atom. The summed E-state index contributed by atoms with van der Waals surface area (Å²) in [6, 6.07) is 33.9. The molecule has 0 radical (unpaired) electrons. The molecule has 4 saturated heterocycles. The highest BCUT2D eigenvalue weighted by Gasteiger charge is 2.43. The fourth-order valence-electron chi connectivity index (χ4n) is 24.5. The molecule has 12 heterocycles. The monoisotopic (exact) mass is 1920 g/mol. The van der Waals surface area contributed by atoms with Gasteiger partial charge in [-0.2, -0.15) is 0 Å². The lowest BCUT2D eigenvalue weighted by atomic mass is 9.77. The fourth-order valence-corrected chi connectivity index (χ4v) is 24.5. The third-order valence-corrected chi connectivity index (χ3v) is 33.0. The lowest BCUT2D eigenvalue weighted by Crippen LogP contribution is -2.33. The molecule has 8 aromatic heterocycles. The lowest BCUT2D eigenvalue weighted by molar-refractivity contribution is 0.0239. The van der Waals surface area contributed by atoms with E-state index >= 15 is 0 Å². The summed E-state index contributed by atoms with van der Waals surface area (Å²) in [5, 5.41) is 31.7. The van der Waals surface area contributed by atoms with Crippen LogP contribution < -0.4 is 0 Å². The van der Waals surface area contributed by atoms with Gasteiger partial charge in [0.05, 0.1) is 60.8 Å². The van der Waals surface area contributed by atoms with Gasteiger partial charge in [0.1, 0.15) is 17.3 Å². The Labute approximate surface area is 843 Å². The normalized spacial score (nSPS) is 24.2. The maximum atomic E-state index is 10.6. The van der Waals surface area contributed by atoms with E-state index in [0.717, 1.165) is 253 Å². The largest absolute Gasteiger partial charge is 0.511 e. The minimum Gasteiger partial charge on any atom is -0.511 e. The Kier molecular flexibility index (Phi) is 39.3. The fraction of sp³-hybridized carbons (Fsp3) is 0.600. The van der Waals surface area contributed by atoms with Crippen LogP contribution in [0.25, 0.3) is 0 Å². The predicted molar refractivity (Wildman–Crippen MR) is 562 cm³/mol. The summed E-state index contributed by atoms with van der Waals surface area (Å²) in [6.07, 6.45) is 59.3. The molecule has 21 nitrogen and oxygen atoms in total. The molecule has 4 aliphatic heterocycles. The second kappa shape index (κ2) is 52.8. The average Bonchev–Trinajstić information content (AvgIpc) is 1.59. The van der Waals surface area contributed by atoms with Crippen LogP contribution in [-0.4, -0.2) is 204 Å². The van der Waals surface area contributed by atoms with Gasteiger partial charge in [-0.3, -0.25) is 59.5 Å². The van der Waals surface area contributed by atoms with E-state index in [1.807, 2.05) is 62.5 Å². The van der Waals surface area contributed by atoms with Gasteiger partial charge in [-0.25, -0.2) is 0 Å². The molecule has 20 rings (SSSR count). The number of unbranched alkanes of at least 4 members (excludes halogenated alkanes) is 4. The molecule has 21 heteroatoms. The Morgan fingerprint density at radius 2 is 0.660 bits per heavy atom. The van der Waals surface area contributed by atoms with E-state index in [1.54, 1.807) is 7.11 Å². The number of aromatic nitrogens is 8. The van der Waals surface area contributed by atoms with E-state index < -0.39 is 0 Å². The molecule has 0 amide bonds. The van der Waals surface area contributed by atoms with E-state index in [9.17, 15) is 15.3 Å². The average molecular weight is 1920 g/mol. The molecule has 0 spiro atoms. The van der Waals surface area contributed by atoms with Crippen molar-refractivity contribution < 1.29 is 43.7 Å². The SMILES string of the molecule is C.C=C(C)C(c1cccnc1C1CC(OC)C1)N1CC[C@@H](OCCCCc2ccc3c(n2)CCCC3)C1.C=C(O)C(c1cccnc1C1CC(OC)C1)N1CC[C@@H](OCCCCc2ccc3c(n2)CCCC3)C1.C=C(O)[C@@H](c1cccnc1C1CCC1)N1CC[C@@H](OCCCC[C@@H]2CCc3cccnc3C2)C1.C=C(O)[C@H](c1cccnc1C1CCC1)N1CC[C@@H](OCCCC[C@@H]2CCc3cccnc3C2)C1. The molecule has 10 atom stereocenters. The molecule has 12 aliphatic rings. The number of aliphatic hydroxyl groups excluding tert-OH is 3. The molecule has 8 aliphatic carbocycles. The summed E-state index contributed by atoms with van der Waals surface area (Å²) in [7, 11) is 3.58. The van der Waals surface area contributed by atoms with Crippen molar-refractivity contribution in [2.45, 2.75) is 356 Å². The zero-order valence-corrected chi connectivity index (χ0v) is 84.7. The van der Waals surface area contributed by atoms with Crippen molar-refractivity contribution in [1.82, 2.24) is 59.5 Å². The van der Waals surface area contributed by atoms with Gasteiger partial charge in [-0.05, 0) is 343 Å². The minimum atomic E-state index is -0.237. The van der Waals surface area contributed by atoms with Gasteiger partial charge >= 0.3 is 0 Å². The summed E-state index contributed by atoms with van der Waals surface area (Å²) in [5.41, 5.74) is 24.0.